The van der Waals surface area contributed by atoms with Gasteiger partial charge in [-0.15, -0.1) is 0 Å². The summed E-state index contributed by atoms with van der Waals surface area (Å²) >= 11 is -2.81. The molecular formula is C9H12Cl4N2O3Pd. The third kappa shape index (κ3) is 10.8. The summed E-state index contributed by atoms with van der Waals surface area (Å²) in [5, 5.41) is 22.7. The molecule has 1 aromatic rings. The van der Waals surface area contributed by atoms with Crippen LogP contribution in [0.3, 0.4) is 0 Å². The summed E-state index contributed by atoms with van der Waals surface area (Å²) in [7, 11) is 21.6. The number of nitrogens with zero attached hydrogens (tertiary/aromatic N) is 1. The zero-order valence-electron chi connectivity index (χ0n) is 9.63. The first-order valence-electron chi connectivity index (χ1n) is 4.70. The molecule has 0 aliphatic carbocycles. The summed E-state index contributed by atoms with van der Waals surface area (Å²) in [5.41, 5.74) is 0.704. The van der Waals surface area contributed by atoms with E-state index in [2.05, 4.69) is 5.32 Å². The molecule has 0 bridgehead atoms. The number of likely N-dealkylation sites (N-methyl/N-ethyl adjacent to an activating group) is 1. The van der Waals surface area contributed by atoms with Crippen LogP contribution in [0, 0.1) is 10.1 Å². The Morgan fingerprint density at radius 1 is 1.32 bits per heavy atom. The molecule has 0 saturated carbocycles. The SMILES string of the molecule is CNCC(O)c1ccc([N+](=O)[O-])cc1.[Cl][Pd]([Cl])([Cl])[Cl]. The summed E-state index contributed by atoms with van der Waals surface area (Å²) in [6.07, 6.45) is -0.624. The van der Waals surface area contributed by atoms with Gasteiger partial charge in [-0.25, -0.2) is 0 Å². The van der Waals surface area contributed by atoms with Crippen molar-refractivity contribution in [1.82, 2.24) is 5.32 Å². The number of halogens is 4. The van der Waals surface area contributed by atoms with E-state index in [1.54, 1.807) is 19.2 Å². The van der Waals surface area contributed by atoms with Crippen LogP contribution in [0.25, 0.3) is 0 Å². The van der Waals surface area contributed by atoms with Crippen molar-refractivity contribution in [1.29, 1.82) is 0 Å². The molecule has 1 unspecified atom stereocenters. The zero-order valence-corrected chi connectivity index (χ0v) is 14.2. The molecule has 1 atom stereocenters. The number of rotatable bonds is 4. The molecule has 0 saturated heterocycles. The second-order valence-electron chi connectivity index (χ2n) is 3.19. The standard InChI is InChI=1S/C9H12N2O3.4ClH.Pd/c1-10-6-9(12)7-2-4-8(5-3-7)11(13)14;;;;;/h2-5,9-10,12H,6H2,1H3;4*1H;/q;;;;;+4/p-4. The first-order chi connectivity index (χ1) is 8.65. The number of nitro groups is 1. The topological polar surface area (TPSA) is 75.4 Å². The summed E-state index contributed by atoms with van der Waals surface area (Å²) < 4.78 is 0. The third-order valence-corrected chi connectivity index (χ3v) is 1.89. The van der Waals surface area contributed by atoms with Crippen LogP contribution in [0.2, 0.25) is 0 Å². The molecule has 0 aromatic heterocycles. The molecule has 10 heteroatoms. The second-order valence-corrected chi connectivity index (χ2v) is 17.4. The Morgan fingerprint density at radius 2 is 1.74 bits per heavy atom. The number of aliphatic hydroxyl groups excluding tert-OH is 1. The van der Waals surface area contributed by atoms with E-state index in [1.807, 2.05) is 0 Å². The van der Waals surface area contributed by atoms with E-state index in [1.165, 1.54) is 12.1 Å². The number of hydrogen-bond acceptors (Lipinski definition) is 4. The summed E-state index contributed by atoms with van der Waals surface area (Å²) in [5.74, 6) is 0. The van der Waals surface area contributed by atoms with Crippen LogP contribution in [0.1, 0.15) is 11.7 Å². The number of nitrogens with one attached hydrogen (secondary N) is 1. The molecule has 0 aliphatic heterocycles. The van der Waals surface area contributed by atoms with E-state index in [-0.39, 0.29) is 5.69 Å². The number of hydrogen-bond donors (Lipinski definition) is 2. The van der Waals surface area contributed by atoms with Crippen molar-refractivity contribution >= 4 is 43.8 Å². The maximum atomic E-state index is 10.3. The number of aliphatic hydroxyl groups is 1. The van der Waals surface area contributed by atoms with Crippen LogP contribution in [-0.4, -0.2) is 23.6 Å². The third-order valence-electron chi connectivity index (χ3n) is 1.89. The molecule has 0 fully saturated rings. The Labute approximate surface area is 129 Å². The number of benzene rings is 1. The van der Waals surface area contributed by atoms with Crippen LogP contribution >= 0.6 is 38.1 Å². The van der Waals surface area contributed by atoms with Crippen LogP contribution in [0.4, 0.5) is 5.69 Å². The van der Waals surface area contributed by atoms with Gasteiger partial charge in [0.1, 0.15) is 0 Å². The van der Waals surface area contributed by atoms with Gasteiger partial charge in [0.05, 0.1) is 11.0 Å². The molecule has 1 rings (SSSR count). The van der Waals surface area contributed by atoms with Gasteiger partial charge in [0, 0.05) is 18.7 Å². The maximum absolute atomic E-state index is 10.3. The molecule has 1 aromatic carbocycles. The van der Waals surface area contributed by atoms with E-state index >= 15 is 0 Å². The molecular weight excluding hydrogens is 432 g/mol. The van der Waals surface area contributed by atoms with Crippen molar-refractivity contribution in [3.8, 4) is 0 Å². The van der Waals surface area contributed by atoms with Crippen molar-refractivity contribution in [3.63, 3.8) is 0 Å². The molecule has 114 valence electrons. The zero-order chi connectivity index (χ0) is 15.1. The second kappa shape index (κ2) is 9.33. The van der Waals surface area contributed by atoms with Crippen LogP contribution in [-0.2, 0) is 11.5 Å². The normalized spacial score (nSPS) is 13.2. The van der Waals surface area contributed by atoms with Gasteiger partial charge in [0.25, 0.3) is 5.69 Å². The molecule has 0 radical (unpaired) electrons. The van der Waals surface area contributed by atoms with Gasteiger partial charge in [-0.2, -0.15) is 0 Å². The van der Waals surface area contributed by atoms with Crippen molar-refractivity contribution in [3.05, 3.63) is 39.9 Å². The monoisotopic (exact) mass is 442 g/mol. The fourth-order valence-electron chi connectivity index (χ4n) is 1.13. The van der Waals surface area contributed by atoms with Crippen molar-refractivity contribution in [2.45, 2.75) is 6.10 Å². The van der Waals surface area contributed by atoms with Gasteiger partial charge in [-0.3, -0.25) is 10.1 Å². The van der Waals surface area contributed by atoms with Crippen molar-refractivity contribution < 1.29 is 21.5 Å². The number of non-ortho nitro benzene ring substituents is 1. The van der Waals surface area contributed by atoms with Crippen LogP contribution in [0.15, 0.2) is 24.3 Å². The minimum atomic E-state index is -2.81. The fraction of sp³-hybridized carbons (Fsp3) is 0.333. The van der Waals surface area contributed by atoms with Gasteiger partial charge in [-0.05, 0) is 24.7 Å². The molecule has 19 heavy (non-hydrogen) atoms. The Morgan fingerprint density at radius 3 is 2.05 bits per heavy atom. The minimum absolute atomic E-state index is 0.0328. The summed E-state index contributed by atoms with van der Waals surface area (Å²) in [6.45, 7) is 0.428. The van der Waals surface area contributed by atoms with Crippen LogP contribution < -0.4 is 5.32 Å². The molecule has 5 nitrogen and oxygen atoms in total. The quantitative estimate of drug-likeness (QED) is 0.423. The Bertz CT molecular complexity index is 393. The Kier molecular flexibility index (Phi) is 9.50. The van der Waals surface area contributed by atoms with E-state index in [0.717, 1.165) is 0 Å². The van der Waals surface area contributed by atoms with Gasteiger partial charge in [0.2, 0.25) is 0 Å². The number of nitro benzene ring substituents is 1. The van der Waals surface area contributed by atoms with Gasteiger partial charge >= 0.3 is 49.6 Å². The van der Waals surface area contributed by atoms with Crippen molar-refractivity contribution in [2.24, 2.45) is 0 Å². The first kappa shape index (κ1) is 19.4. The Hall–Kier alpha value is 0.362. The van der Waals surface area contributed by atoms with E-state index in [9.17, 15) is 15.2 Å². The van der Waals surface area contributed by atoms with Crippen molar-refractivity contribution in [2.75, 3.05) is 13.6 Å². The van der Waals surface area contributed by atoms with Gasteiger partial charge < -0.3 is 10.4 Å². The van der Waals surface area contributed by atoms with E-state index < -0.39 is 22.5 Å². The summed E-state index contributed by atoms with van der Waals surface area (Å²) in [4.78, 5) is 9.87. The Balaban J connectivity index is 0.000000555. The molecule has 2 N–H and O–H groups in total. The molecule has 0 spiro atoms. The molecule has 0 aliphatic rings. The van der Waals surface area contributed by atoms with Gasteiger partial charge in [0.15, 0.2) is 0 Å². The first-order valence-corrected chi connectivity index (χ1v) is 12.7. The van der Waals surface area contributed by atoms with E-state index in [4.69, 9.17) is 38.1 Å². The predicted molar refractivity (Wildman–Crippen MR) is 75.4 cm³/mol. The predicted octanol–water partition coefficient (Wildman–Crippen LogP) is 3.60. The van der Waals surface area contributed by atoms with Crippen LogP contribution in [0.5, 0.6) is 0 Å². The van der Waals surface area contributed by atoms with E-state index in [0.29, 0.717) is 12.1 Å². The molecule has 0 heterocycles. The van der Waals surface area contributed by atoms with Gasteiger partial charge in [-0.1, -0.05) is 0 Å². The average molecular weight is 444 g/mol. The molecule has 0 amide bonds. The average Bonchev–Trinajstić information content (AvgIpc) is 2.27. The summed E-state index contributed by atoms with van der Waals surface area (Å²) in [6, 6.07) is 5.88. The fourth-order valence-corrected chi connectivity index (χ4v) is 1.13.